The van der Waals surface area contributed by atoms with Gasteiger partial charge in [0.25, 0.3) is 0 Å². The van der Waals surface area contributed by atoms with Crippen LogP contribution in [0.15, 0.2) is 0 Å². The van der Waals surface area contributed by atoms with Crippen molar-refractivity contribution < 1.29 is 0 Å². The average molecular weight is 268 g/mol. The quantitative estimate of drug-likeness (QED) is 0.624. The molecule has 0 spiro atoms. The molecular weight excluding hydrogens is 244 g/mol. The van der Waals surface area contributed by atoms with Gasteiger partial charge < -0.3 is 0 Å². The molecule has 0 aromatic carbocycles. The highest BCUT2D eigenvalue weighted by Gasteiger charge is 2.50. The molecule has 0 radical (unpaired) electrons. The molecule has 0 saturated heterocycles. The fourth-order valence-electron chi connectivity index (χ4n) is 3.86. The molecule has 0 amide bonds. The third-order valence-electron chi connectivity index (χ3n) is 5.41. The van der Waals surface area contributed by atoms with Crippen molar-refractivity contribution in [2.24, 2.45) is 29.1 Å². The molecular formula is C15H24S2. The van der Waals surface area contributed by atoms with E-state index >= 15 is 0 Å². The summed E-state index contributed by atoms with van der Waals surface area (Å²) in [6.45, 7) is 9.46. The first-order chi connectivity index (χ1) is 7.88. The summed E-state index contributed by atoms with van der Waals surface area (Å²) in [4.78, 5) is 2.26. The Morgan fingerprint density at radius 3 is 2.41 bits per heavy atom. The van der Waals surface area contributed by atoms with E-state index in [1.54, 1.807) is 0 Å². The lowest BCUT2D eigenvalue weighted by molar-refractivity contribution is 0.0590. The highest BCUT2D eigenvalue weighted by molar-refractivity contribution is 7.89. The van der Waals surface area contributed by atoms with Crippen LogP contribution in [0.25, 0.3) is 0 Å². The van der Waals surface area contributed by atoms with Crippen molar-refractivity contribution >= 4 is 34.2 Å². The SMILES string of the molecule is CC(C)C1CC2(C)C(C)CCCC2C(=S)C1=S. The molecule has 0 heterocycles. The van der Waals surface area contributed by atoms with Crippen LogP contribution in [0.5, 0.6) is 0 Å². The summed E-state index contributed by atoms with van der Waals surface area (Å²) in [6.07, 6.45) is 5.23. The van der Waals surface area contributed by atoms with Crippen LogP contribution in [0.2, 0.25) is 0 Å². The van der Waals surface area contributed by atoms with Gasteiger partial charge in [0.1, 0.15) is 0 Å². The third kappa shape index (κ3) is 2.12. The normalized spacial score (nSPS) is 42.8. The van der Waals surface area contributed by atoms with Gasteiger partial charge in [-0.25, -0.2) is 0 Å². The Kier molecular flexibility index (Phi) is 3.76. The van der Waals surface area contributed by atoms with Crippen molar-refractivity contribution in [3.8, 4) is 0 Å². The van der Waals surface area contributed by atoms with Gasteiger partial charge in [-0.05, 0) is 36.0 Å². The Balaban J connectivity index is 2.34. The topological polar surface area (TPSA) is 0 Å². The van der Waals surface area contributed by atoms with Crippen LogP contribution in [0.4, 0.5) is 0 Å². The van der Waals surface area contributed by atoms with Crippen LogP contribution in [-0.4, -0.2) is 9.73 Å². The summed E-state index contributed by atoms with van der Waals surface area (Å²) in [5.74, 6) is 2.55. The highest BCUT2D eigenvalue weighted by Crippen LogP contribution is 2.54. The lowest BCUT2D eigenvalue weighted by atomic mass is 9.53. The maximum atomic E-state index is 5.71. The molecule has 2 rings (SSSR count). The number of hydrogen-bond acceptors (Lipinski definition) is 2. The number of fused-ring (bicyclic) bond motifs is 1. The van der Waals surface area contributed by atoms with Crippen molar-refractivity contribution in [3.05, 3.63) is 0 Å². The molecule has 4 atom stereocenters. The monoisotopic (exact) mass is 268 g/mol. The first kappa shape index (κ1) is 13.6. The molecule has 0 aromatic rings. The summed E-state index contributed by atoms with van der Waals surface area (Å²) in [5, 5.41) is 0. The van der Waals surface area contributed by atoms with E-state index in [1.807, 2.05) is 0 Å². The van der Waals surface area contributed by atoms with Crippen molar-refractivity contribution in [1.82, 2.24) is 0 Å². The maximum absolute atomic E-state index is 5.71. The van der Waals surface area contributed by atoms with Crippen LogP contribution in [-0.2, 0) is 0 Å². The summed E-state index contributed by atoms with van der Waals surface area (Å²) < 4.78 is 0. The second kappa shape index (κ2) is 4.70. The molecule has 2 aliphatic rings. The number of thiocarbonyl (C=S) groups is 2. The molecule has 0 bridgehead atoms. The minimum atomic E-state index is 0.409. The standard InChI is InChI=1S/C15H24S2/c1-9(2)11-8-15(4)10(3)6-5-7-12(15)14(17)13(11)16/h9-12H,5-8H2,1-4H3. The Labute approximate surface area is 117 Å². The zero-order chi connectivity index (χ0) is 12.8. The van der Waals surface area contributed by atoms with Gasteiger partial charge in [0, 0.05) is 15.6 Å². The zero-order valence-corrected chi connectivity index (χ0v) is 13.1. The van der Waals surface area contributed by atoms with Crippen LogP contribution in [0.1, 0.15) is 53.4 Å². The predicted molar refractivity (Wildman–Crippen MR) is 82.8 cm³/mol. The van der Waals surface area contributed by atoms with Crippen molar-refractivity contribution in [2.45, 2.75) is 53.4 Å². The molecule has 2 aliphatic carbocycles. The third-order valence-corrected chi connectivity index (χ3v) is 6.57. The van der Waals surface area contributed by atoms with Crippen LogP contribution in [0, 0.1) is 29.1 Å². The van der Waals surface area contributed by atoms with E-state index in [9.17, 15) is 0 Å². The summed E-state index contributed by atoms with van der Waals surface area (Å²) in [5.41, 5.74) is 0.409. The predicted octanol–water partition coefficient (Wildman–Crippen LogP) is 4.84. The summed E-state index contributed by atoms with van der Waals surface area (Å²) in [7, 11) is 0. The van der Waals surface area contributed by atoms with E-state index in [1.165, 1.54) is 25.7 Å². The van der Waals surface area contributed by atoms with Gasteiger partial charge in [-0.15, -0.1) is 0 Å². The average Bonchev–Trinajstić information content (AvgIpc) is 2.26. The molecule has 0 aromatic heterocycles. The highest BCUT2D eigenvalue weighted by atomic mass is 32.1. The Morgan fingerprint density at radius 2 is 1.82 bits per heavy atom. The minimum Gasteiger partial charge on any atom is -0.0834 e. The fourth-order valence-corrected chi connectivity index (χ4v) is 4.90. The van der Waals surface area contributed by atoms with Gasteiger partial charge in [-0.2, -0.15) is 0 Å². The van der Waals surface area contributed by atoms with E-state index in [4.69, 9.17) is 24.4 Å². The molecule has 96 valence electrons. The van der Waals surface area contributed by atoms with Crippen molar-refractivity contribution in [1.29, 1.82) is 0 Å². The molecule has 0 nitrogen and oxygen atoms in total. The Morgan fingerprint density at radius 1 is 1.18 bits per heavy atom. The van der Waals surface area contributed by atoms with E-state index in [0.29, 0.717) is 23.2 Å². The van der Waals surface area contributed by atoms with Crippen LogP contribution < -0.4 is 0 Å². The van der Waals surface area contributed by atoms with Crippen molar-refractivity contribution in [2.75, 3.05) is 0 Å². The van der Waals surface area contributed by atoms with Crippen molar-refractivity contribution in [3.63, 3.8) is 0 Å². The molecule has 2 fully saturated rings. The van der Waals surface area contributed by atoms with Gasteiger partial charge in [0.05, 0.1) is 0 Å². The smallest absolute Gasteiger partial charge is 0.0330 e. The van der Waals surface area contributed by atoms with Gasteiger partial charge in [0.15, 0.2) is 0 Å². The minimum absolute atomic E-state index is 0.409. The van der Waals surface area contributed by atoms with Gasteiger partial charge in [0.2, 0.25) is 0 Å². The lowest BCUT2D eigenvalue weighted by Crippen LogP contribution is -2.51. The molecule has 17 heavy (non-hydrogen) atoms. The molecule has 0 aliphatic heterocycles. The molecule has 2 heteroatoms. The summed E-state index contributed by atoms with van der Waals surface area (Å²) >= 11 is 11.3. The molecule has 0 N–H and O–H groups in total. The van der Waals surface area contributed by atoms with Crippen LogP contribution >= 0.6 is 24.4 Å². The number of rotatable bonds is 1. The van der Waals surface area contributed by atoms with Gasteiger partial charge in [-0.1, -0.05) is 65.0 Å². The number of hydrogen-bond donors (Lipinski definition) is 0. The van der Waals surface area contributed by atoms with Crippen LogP contribution in [0.3, 0.4) is 0 Å². The van der Waals surface area contributed by atoms with E-state index in [-0.39, 0.29) is 0 Å². The second-order valence-corrected chi connectivity index (χ2v) is 7.55. The lowest BCUT2D eigenvalue weighted by Gasteiger charge is -2.53. The molecule has 2 saturated carbocycles. The van der Waals surface area contributed by atoms with Gasteiger partial charge in [-0.3, -0.25) is 0 Å². The maximum Gasteiger partial charge on any atom is 0.0330 e. The first-order valence-corrected chi connectivity index (χ1v) is 7.77. The Bertz CT molecular complexity index is 345. The largest absolute Gasteiger partial charge is 0.0834 e. The molecule has 4 unspecified atom stereocenters. The van der Waals surface area contributed by atoms with E-state index < -0.39 is 0 Å². The fraction of sp³-hybridized carbons (Fsp3) is 0.867. The Hall–Kier alpha value is 0.180. The first-order valence-electron chi connectivity index (χ1n) is 6.96. The zero-order valence-electron chi connectivity index (χ0n) is 11.5. The van der Waals surface area contributed by atoms with Gasteiger partial charge >= 0.3 is 0 Å². The summed E-state index contributed by atoms with van der Waals surface area (Å²) in [6, 6.07) is 0. The van der Waals surface area contributed by atoms with E-state index in [2.05, 4.69) is 27.7 Å². The second-order valence-electron chi connectivity index (χ2n) is 6.67. The van der Waals surface area contributed by atoms with E-state index in [0.717, 1.165) is 15.6 Å².